The Hall–Kier alpha value is -1.52. The summed E-state index contributed by atoms with van der Waals surface area (Å²) in [4.78, 5) is 13.0. The van der Waals surface area contributed by atoms with Crippen molar-refractivity contribution in [2.24, 2.45) is 23.7 Å². The number of esters is 1. The van der Waals surface area contributed by atoms with E-state index in [0.717, 1.165) is 80.6 Å². The molecule has 0 spiro atoms. The number of benzene rings is 1. The van der Waals surface area contributed by atoms with Gasteiger partial charge in [0.2, 0.25) is 0 Å². The molecule has 3 saturated carbocycles. The summed E-state index contributed by atoms with van der Waals surface area (Å²) in [5, 5.41) is 9.36. The van der Waals surface area contributed by atoms with Gasteiger partial charge >= 0.3 is 5.97 Å². The van der Waals surface area contributed by atoms with Crippen molar-refractivity contribution in [3.63, 3.8) is 0 Å². The van der Waals surface area contributed by atoms with Gasteiger partial charge in [0, 0.05) is 11.3 Å². The fourth-order valence-electron chi connectivity index (χ4n) is 7.78. The topological polar surface area (TPSA) is 50.1 Å². The van der Waals surface area contributed by atoms with Crippen molar-refractivity contribution in [1.82, 2.24) is 0 Å². The number of nitriles is 1. The number of halogens is 2. The average molecular weight is 602 g/mol. The normalized spacial score (nSPS) is 33.7. The van der Waals surface area contributed by atoms with Crippen LogP contribution in [0.1, 0.15) is 126 Å². The number of carbonyl (C=O) groups excluding carboxylic acids is 1. The Morgan fingerprint density at radius 3 is 2.15 bits per heavy atom. The van der Waals surface area contributed by atoms with Crippen molar-refractivity contribution in [2.75, 3.05) is 5.75 Å². The monoisotopic (exact) mass is 601 g/mol. The molecule has 0 bridgehead atoms. The summed E-state index contributed by atoms with van der Waals surface area (Å²) in [6.07, 6.45) is 15.6. The smallest absolute Gasteiger partial charge is 0.350 e. The molecule has 0 amide bonds. The van der Waals surface area contributed by atoms with Crippen LogP contribution in [0, 0.1) is 46.6 Å². The second-order valence-corrected chi connectivity index (χ2v) is 15.6. The molecule has 0 aromatic heterocycles. The van der Waals surface area contributed by atoms with E-state index in [1.54, 1.807) is 0 Å². The molecule has 1 unspecified atom stereocenters. The summed E-state index contributed by atoms with van der Waals surface area (Å²) in [7, 11) is 0. The SMILES string of the molecule is CCCC1CCC(c2cc(F)c(C3CS/C(=C(\C#N)C(=O)OC4CCC(C5CCC(C)CC5)CC4)S3)c(F)c2)CC1. The number of carbonyl (C=O) groups is 1. The van der Waals surface area contributed by atoms with E-state index in [9.17, 15) is 10.1 Å². The van der Waals surface area contributed by atoms with E-state index < -0.39 is 22.9 Å². The van der Waals surface area contributed by atoms with Gasteiger partial charge in [0.1, 0.15) is 23.8 Å². The Kier molecular flexibility index (Phi) is 10.8. The zero-order chi connectivity index (χ0) is 28.9. The van der Waals surface area contributed by atoms with Gasteiger partial charge in [0.25, 0.3) is 0 Å². The first-order valence-electron chi connectivity index (χ1n) is 16.0. The van der Waals surface area contributed by atoms with Crippen molar-refractivity contribution in [3.8, 4) is 6.07 Å². The number of hydrogen-bond acceptors (Lipinski definition) is 5. The third-order valence-corrected chi connectivity index (χ3v) is 13.2. The second-order valence-electron chi connectivity index (χ2n) is 13.1. The minimum atomic E-state index is -0.590. The maximum absolute atomic E-state index is 15.3. The molecule has 41 heavy (non-hydrogen) atoms. The molecule has 1 heterocycles. The lowest BCUT2D eigenvalue weighted by Gasteiger charge is -2.37. The highest BCUT2D eigenvalue weighted by molar-refractivity contribution is 8.25. The van der Waals surface area contributed by atoms with E-state index in [-0.39, 0.29) is 23.2 Å². The Balaban J connectivity index is 1.17. The lowest BCUT2D eigenvalue weighted by Crippen LogP contribution is -2.29. The molecule has 0 radical (unpaired) electrons. The number of thioether (sulfide) groups is 2. The van der Waals surface area contributed by atoms with Crippen LogP contribution in [0.4, 0.5) is 8.78 Å². The number of rotatable bonds is 7. The van der Waals surface area contributed by atoms with E-state index in [1.165, 1.54) is 74.2 Å². The predicted octanol–water partition coefficient (Wildman–Crippen LogP) is 10.2. The Morgan fingerprint density at radius 1 is 0.951 bits per heavy atom. The van der Waals surface area contributed by atoms with E-state index >= 15 is 8.78 Å². The highest BCUT2D eigenvalue weighted by Crippen LogP contribution is 2.53. The molecule has 3 nitrogen and oxygen atoms in total. The summed E-state index contributed by atoms with van der Waals surface area (Å²) in [6, 6.07) is 5.10. The quantitative estimate of drug-likeness (QED) is 0.177. The third-order valence-electron chi connectivity index (χ3n) is 10.3. The molecule has 4 fully saturated rings. The lowest BCUT2D eigenvalue weighted by atomic mass is 9.71. The highest BCUT2D eigenvalue weighted by atomic mass is 32.2. The molecule has 0 N–H and O–H groups in total. The molecular formula is C34H45F2NO2S2. The van der Waals surface area contributed by atoms with Gasteiger partial charge in [-0.05, 0) is 111 Å². The molecule has 1 aliphatic heterocycles. The van der Waals surface area contributed by atoms with Gasteiger partial charge in [-0.1, -0.05) is 39.5 Å². The molecule has 224 valence electrons. The van der Waals surface area contributed by atoms with E-state index in [1.807, 2.05) is 6.07 Å². The zero-order valence-corrected chi connectivity index (χ0v) is 26.3. The standard InChI is InChI=1S/C34H45F2NO2S2/c1-3-4-22-7-11-25(12-8-22)26-17-29(35)32(30(36)18-26)31-20-40-34(41-31)28(19-37)33(38)39-27-15-13-24(14-16-27)23-9-5-21(2)6-10-23/h17-18,21-25,27,31H,3-16,20H2,1-2H3/b34-28-. The zero-order valence-electron chi connectivity index (χ0n) is 24.6. The van der Waals surface area contributed by atoms with Crippen molar-refractivity contribution >= 4 is 29.5 Å². The van der Waals surface area contributed by atoms with Crippen LogP contribution in [-0.4, -0.2) is 17.8 Å². The van der Waals surface area contributed by atoms with Gasteiger partial charge in [0.15, 0.2) is 5.57 Å². The van der Waals surface area contributed by atoms with Gasteiger partial charge in [-0.2, -0.15) is 5.26 Å². The highest BCUT2D eigenvalue weighted by Gasteiger charge is 2.35. The fourth-order valence-corrected chi connectivity index (χ4v) is 10.7. The first kappa shape index (κ1) is 30.9. The largest absolute Gasteiger partial charge is 0.458 e. The van der Waals surface area contributed by atoms with Crippen LogP contribution < -0.4 is 0 Å². The third kappa shape index (κ3) is 7.53. The number of hydrogen-bond donors (Lipinski definition) is 0. The van der Waals surface area contributed by atoms with Crippen LogP contribution >= 0.6 is 23.5 Å². The van der Waals surface area contributed by atoms with E-state index in [4.69, 9.17) is 4.74 Å². The van der Waals surface area contributed by atoms with Gasteiger partial charge in [-0.25, -0.2) is 13.6 Å². The minimum absolute atomic E-state index is 0.0211. The first-order chi connectivity index (χ1) is 19.9. The van der Waals surface area contributed by atoms with Crippen LogP contribution in [0.5, 0.6) is 0 Å². The van der Waals surface area contributed by atoms with Crippen LogP contribution in [0.3, 0.4) is 0 Å². The van der Waals surface area contributed by atoms with Gasteiger partial charge in [-0.15, -0.1) is 23.5 Å². The lowest BCUT2D eigenvalue weighted by molar-refractivity contribution is -0.145. The van der Waals surface area contributed by atoms with Crippen LogP contribution in [0.25, 0.3) is 0 Å². The summed E-state index contributed by atoms with van der Waals surface area (Å²) >= 11 is 2.55. The molecule has 5 rings (SSSR count). The number of nitrogens with zero attached hydrogens (tertiary/aromatic N) is 1. The molecule has 1 saturated heterocycles. The molecule has 1 atom stereocenters. The summed E-state index contributed by atoms with van der Waals surface area (Å²) in [6.45, 7) is 4.56. The maximum atomic E-state index is 15.3. The average Bonchev–Trinajstić information content (AvgIpc) is 3.43. The molecule has 7 heteroatoms. The number of ether oxygens (including phenoxy) is 1. The van der Waals surface area contributed by atoms with Crippen LogP contribution in [0.2, 0.25) is 0 Å². The Labute approximate surface area is 253 Å². The molecular weight excluding hydrogens is 557 g/mol. The second kappa shape index (κ2) is 14.3. The first-order valence-corrected chi connectivity index (χ1v) is 17.9. The maximum Gasteiger partial charge on any atom is 0.350 e. The Morgan fingerprint density at radius 2 is 1.56 bits per heavy atom. The molecule has 3 aliphatic carbocycles. The van der Waals surface area contributed by atoms with Crippen molar-refractivity contribution < 1.29 is 18.3 Å². The van der Waals surface area contributed by atoms with Crippen molar-refractivity contribution in [1.29, 1.82) is 5.26 Å². The summed E-state index contributed by atoms with van der Waals surface area (Å²) in [5.41, 5.74) is 0.799. The summed E-state index contributed by atoms with van der Waals surface area (Å²) < 4.78 is 37.0. The van der Waals surface area contributed by atoms with Crippen LogP contribution in [-0.2, 0) is 9.53 Å². The van der Waals surface area contributed by atoms with Crippen molar-refractivity contribution in [2.45, 2.75) is 121 Å². The minimum Gasteiger partial charge on any atom is -0.458 e. The Bertz CT molecular complexity index is 1120. The molecule has 1 aromatic carbocycles. The summed E-state index contributed by atoms with van der Waals surface area (Å²) in [5.74, 6) is 2.12. The van der Waals surface area contributed by atoms with Gasteiger partial charge < -0.3 is 4.74 Å². The van der Waals surface area contributed by atoms with E-state index in [2.05, 4.69) is 13.8 Å². The molecule has 1 aromatic rings. The van der Waals surface area contributed by atoms with Crippen LogP contribution in [0.15, 0.2) is 21.9 Å². The van der Waals surface area contributed by atoms with Gasteiger partial charge in [0.05, 0.1) is 9.49 Å². The van der Waals surface area contributed by atoms with Crippen molar-refractivity contribution in [3.05, 3.63) is 44.7 Å². The predicted molar refractivity (Wildman–Crippen MR) is 164 cm³/mol. The fraction of sp³-hybridized carbons (Fsp3) is 0.706. The molecule has 4 aliphatic rings. The van der Waals surface area contributed by atoms with E-state index in [0.29, 0.717) is 9.99 Å². The van der Waals surface area contributed by atoms with Gasteiger partial charge in [-0.3, -0.25) is 0 Å².